The van der Waals surface area contributed by atoms with Gasteiger partial charge in [0, 0.05) is 5.56 Å². The summed E-state index contributed by atoms with van der Waals surface area (Å²) in [5, 5.41) is 20.5. The summed E-state index contributed by atoms with van der Waals surface area (Å²) in [4.78, 5) is 27.0. The Morgan fingerprint density at radius 3 is 2.59 bits per heavy atom. The van der Waals surface area contributed by atoms with Gasteiger partial charge in [0.1, 0.15) is 24.0 Å². The fourth-order valence-corrected chi connectivity index (χ4v) is 2.61. The van der Waals surface area contributed by atoms with Gasteiger partial charge in [-0.3, -0.25) is 14.9 Å². The number of benzene rings is 2. The molecule has 29 heavy (non-hydrogen) atoms. The van der Waals surface area contributed by atoms with E-state index in [-0.39, 0.29) is 23.0 Å². The van der Waals surface area contributed by atoms with Crippen LogP contribution in [0.15, 0.2) is 47.3 Å². The lowest BCUT2D eigenvalue weighted by Crippen LogP contribution is -2.14. The fourth-order valence-electron chi connectivity index (χ4n) is 2.39. The third-order valence-corrected chi connectivity index (χ3v) is 4.19. The Morgan fingerprint density at radius 1 is 1.24 bits per heavy atom. The molecule has 148 valence electrons. The number of H-pyrrole nitrogens is 1. The smallest absolute Gasteiger partial charge is 0.395 e. The van der Waals surface area contributed by atoms with E-state index >= 15 is 0 Å². The number of nitro groups is 1. The molecule has 8 nitrogen and oxygen atoms in total. The second-order valence-corrected chi connectivity index (χ2v) is 6.18. The molecule has 1 heterocycles. The zero-order chi connectivity index (χ0) is 21.0. The lowest BCUT2D eigenvalue weighted by Gasteiger charge is -2.09. The summed E-state index contributed by atoms with van der Waals surface area (Å²) < 4.78 is 19.3. The van der Waals surface area contributed by atoms with E-state index in [4.69, 9.17) is 16.3 Å². The first kappa shape index (κ1) is 20.0. The van der Waals surface area contributed by atoms with Crippen LogP contribution in [0, 0.1) is 15.9 Å². The summed E-state index contributed by atoms with van der Waals surface area (Å²) in [5.41, 5.74) is -1.12. The molecule has 3 rings (SSSR count). The molecule has 0 atom stereocenters. The van der Waals surface area contributed by atoms with E-state index in [1.165, 1.54) is 18.2 Å². The maximum Gasteiger partial charge on any atom is 0.395 e. The van der Waals surface area contributed by atoms with Gasteiger partial charge in [0.25, 0.3) is 5.88 Å². The maximum atomic E-state index is 13.7. The van der Waals surface area contributed by atoms with Crippen LogP contribution in [0.2, 0.25) is 5.02 Å². The molecule has 0 aliphatic heterocycles. The van der Waals surface area contributed by atoms with E-state index in [9.17, 15) is 24.4 Å². The van der Waals surface area contributed by atoms with Gasteiger partial charge >= 0.3 is 11.2 Å². The Balaban J connectivity index is 1.69. The van der Waals surface area contributed by atoms with E-state index in [1.807, 2.05) is 0 Å². The van der Waals surface area contributed by atoms with Crippen molar-refractivity contribution in [3.63, 3.8) is 0 Å². The molecule has 0 bridgehead atoms. The monoisotopic (exact) mass is 417 g/mol. The predicted octanol–water partition coefficient (Wildman–Crippen LogP) is 3.93. The largest absolute Gasteiger partial charge is 0.489 e. The molecule has 0 aliphatic carbocycles. The minimum absolute atomic E-state index is 0.0338. The van der Waals surface area contributed by atoms with Gasteiger partial charge in [0.2, 0.25) is 0 Å². The van der Waals surface area contributed by atoms with Crippen LogP contribution in [-0.2, 0) is 6.61 Å². The summed E-state index contributed by atoms with van der Waals surface area (Å²) in [6.07, 6.45) is 2.95. The molecule has 3 aromatic rings. The number of hydrogen-bond donors (Lipinski definition) is 2. The van der Waals surface area contributed by atoms with Gasteiger partial charge < -0.3 is 14.8 Å². The highest BCUT2D eigenvalue weighted by Gasteiger charge is 2.21. The molecular weight excluding hydrogens is 405 g/mol. The Labute approximate surface area is 168 Å². The minimum Gasteiger partial charge on any atom is -0.489 e. The topological polar surface area (TPSA) is 118 Å². The fraction of sp³-hybridized carbons (Fsp3) is 0.0526. The minimum atomic E-state index is -1.06. The van der Waals surface area contributed by atoms with Crippen LogP contribution < -0.4 is 10.3 Å². The lowest BCUT2D eigenvalue weighted by atomic mass is 10.2. The Morgan fingerprint density at radius 2 is 1.97 bits per heavy atom. The molecule has 0 aliphatic rings. The van der Waals surface area contributed by atoms with Crippen LogP contribution in [-0.4, -0.2) is 20.0 Å². The molecular formula is C19H13ClFN3O5. The van der Waals surface area contributed by atoms with E-state index in [0.717, 1.165) is 0 Å². The van der Waals surface area contributed by atoms with Crippen molar-refractivity contribution < 1.29 is 19.2 Å². The second kappa shape index (κ2) is 8.53. The van der Waals surface area contributed by atoms with E-state index in [1.54, 1.807) is 36.4 Å². The van der Waals surface area contributed by atoms with Crippen LogP contribution in [0.5, 0.6) is 11.6 Å². The molecule has 0 saturated carbocycles. The van der Waals surface area contributed by atoms with Gasteiger partial charge in [-0.15, -0.1) is 0 Å². The highest BCUT2D eigenvalue weighted by Crippen LogP contribution is 2.22. The van der Waals surface area contributed by atoms with Gasteiger partial charge in [-0.05, 0) is 35.9 Å². The molecule has 0 saturated heterocycles. The standard InChI is InChI=1S/C19H13ClFN3O5/c20-14-2-1-3-15(21)13(14)10-29-12-7-4-11(5-8-12)6-9-16-22-18(25)17(24(27)28)19(26)23-16/h1-9H,10H2,(H2,22,23,25,26)/b9-6+. The number of hydrogen-bond acceptors (Lipinski definition) is 6. The number of aromatic nitrogens is 2. The van der Waals surface area contributed by atoms with Crippen molar-refractivity contribution in [2.45, 2.75) is 6.61 Å². The Kier molecular flexibility index (Phi) is 5.89. The van der Waals surface area contributed by atoms with Crippen molar-refractivity contribution in [1.82, 2.24) is 9.97 Å². The summed E-state index contributed by atoms with van der Waals surface area (Å²) in [5.74, 6) is -0.979. The predicted molar refractivity (Wildman–Crippen MR) is 104 cm³/mol. The lowest BCUT2D eigenvalue weighted by molar-refractivity contribution is -0.387. The average Bonchev–Trinajstić information content (AvgIpc) is 2.66. The molecule has 0 unspecified atom stereocenters. The van der Waals surface area contributed by atoms with Crippen LogP contribution in [0.1, 0.15) is 17.0 Å². The van der Waals surface area contributed by atoms with E-state index < -0.39 is 27.9 Å². The quantitative estimate of drug-likeness (QED) is 0.463. The van der Waals surface area contributed by atoms with Gasteiger partial charge in [-0.25, -0.2) is 4.39 Å². The van der Waals surface area contributed by atoms with E-state index in [0.29, 0.717) is 11.3 Å². The SMILES string of the molecule is O=c1[nH]c(/C=C/c2ccc(OCc3c(F)cccc3Cl)cc2)nc(O)c1[N+](=O)[O-]. The first-order valence-corrected chi connectivity index (χ1v) is 8.54. The summed E-state index contributed by atoms with van der Waals surface area (Å²) in [6, 6.07) is 11.1. The molecule has 0 amide bonds. The number of rotatable bonds is 6. The molecule has 0 radical (unpaired) electrons. The van der Waals surface area contributed by atoms with Crippen molar-refractivity contribution >= 4 is 29.4 Å². The zero-order valence-corrected chi connectivity index (χ0v) is 15.4. The highest BCUT2D eigenvalue weighted by molar-refractivity contribution is 6.31. The normalized spacial score (nSPS) is 11.0. The molecule has 2 aromatic carbocycles. The highest BCUT2D eigenvalue weighted by atomic mass is 35.5. The zero-order valence-electron chi connectivity index (χ0n) is 14.6. The van der Waals surface area contributed by atoms with E-state index in [2.05, 4.69) is 9.97 Å². The van der Waals surface area contributed by atoms with Gasteiger partial charge in [0.05, 0.1) is 9.95 Å². The van der Waals surface area contributed by atoms with Crippen molar-refractivity contribution in [1.29, 1.82) is 0 Å². The molecule has 2 N–H and O–H groups in total. The first-order valence-electron chi connectivity index (χ1n) is 8.16. The Bertz CT molecular complexity index is 1130. The number of nitrogens with zero attached hydrogens (tertiary/aromatic N) is 2. The van der Waals surface area contributed by atoms with Crippen LogP contribution in [0.4, 0.5) is 10.1 Å². The molecule has 0 fully saturated rings. The summed E-state index contributed by atoms with van der Waals surface area (Å²) in [6.45, 7) is -0.0338. The third kappa shape index (κ3) is 4.77. The van der Waals surface area contributed by atoms with Crippen molar-refractivity contribution in [3.05, 3.63) is 90.7 Å². The van der Waals surface area contributed by atoms with Crippen LogP contribution in [0.3, 0.4) is 0 Å². The number of nitrogens with one attached hydrogen (secondary N) is 1. The average molecular weight is 418 g/mol. The van der Waals surface area contributed by atoms with Crippen LogP contribution >= 0.6 is 11.6 Å². The third-order valence-electron chi connectivity index (χ3n) is 3.84. The Hall–Kier alpha value is -3.72. The maximum absolute atomic E-state index is 13.7. The summed E-state index contributed by atoms with van der Waals surface area (Å²) >= 11 is 5.95. The molecule has 1 aromatic heterocycles. The van der Waals surface area contributed by atoms with Crippen molar-refractivity contribution in [2.24, 2.45) is 0 Å². The van der Waals surface area contributed by atoms with Crippen molar-refractivity contribution in [2.75, 3.05) is 0 Å². The second-order valence-electron chi connectivity index (χ2n) is 5.77. The van der Waals surface area contributed by atoms with Gasteiger partial charge in [0.15, 0.2) is 0 Å². The molecule has 10 heteroatoms. The number of aromatic hydroxyl groups is 1. The van der Waals surface area contributed by atoms with Gasteiger partial charge in [-0.2, -0.15) is 4.98 Å². The van der Waals surface area contributed by atoms with Crippen LogP contribution in [0.25, 0.3) is 12.2 Å². The number of aromatic amines is 1. The van der Waals surface area contributed by atoms with Crippen molar-refractivity contribution in [3.8, 4) is 11.6 Å². The number of ether oxygens (including phenoxy) is 1. The molecule has 0 spiro atoms. The summed E-state index contributed by atoms with van der Waals surface area (Å²) in [7, 11) is 0. The van der Waals surface area contributed by atoms with Gasteiger partial charge in [-0.1, -0.05) is 35.9 Å². The first-order chi connectivity index (χ1) is 13.8. The number of halogens is 2.